The molecule has 6 rings (SSSR count). The van der Waals surface area contributed by atoms with Crippen LogP contribution >= 0.6 is 34.3 Å². The van der Waals surface area contributed by atoms with Crippen molar-refractivity contribution in [3.63, 3.8) is 0 Å². The van der Waals surface area contributed by atoms with Crippen LogP contribution in [0.3, 0.4) is 0 Å². The zero-order chi connectivity index (χ0) is 25.0. The zero-order valence-corrected chi connectivity index (χ0v) is 21.0. The van der Waals surface area contributed by atoms with Gasteiger partial charge in [0.15, 0.2) is 0 Å². The number of H-pyrrole nitrogens is 1. The van der Waals surface area contributed by atoms with E-state index in [1.807, 2.05) is 24.4 Å². The summed E-state index contributed by atoms with van der Waals surface area (Å²) in [6.45, 7) is 1.94. The molecule has 10 heteroatoms. The second kappa shape index (κ2) is 8.53. The lowest BCUT2D eigenvalue weighted by atomic mass is 9.99. The highest BCUT2D eigenvalue weighted by Crippen LogP contribution is 2.41. The highest BCUT2D eigenvalue weighted by molar-refractivity contribution is 7.22. The number of aromatic amines is 1. The van der Waals surface area contributed by atoms with Crippen LogP contribution in [0.25, 0.3) is 47.6 Å². The van der Waals surface area contributed by atoms with Gasteiger partial charge in [-0.25, -0.2) is 9.36 Å². The Kier molecular flexibility index (Phi) is 5.30. The average molecular weight is 528 g/mol. The van der Waals surface area contributed by atoms with Crippen LogP contribution in [0.4, 0.5) is 0 Å². The van der Waals surface area contributed by atoms with E-state index in [9.17, 15) is 14.9 Å². The number of fused-ring (bicyclic) bond motifs is 2. The SMILES string of the molecule is Cc1csc2cncc(-n3c(=O)[nH]c4cc(-c5c(Cl)cccc5-c5cncc(C#N)c5)sc4c3=O)c12. The Balaban J connectivity index is 1.60. The molecule has 7 nitrogen and oxygen atoms in total. The molecule has 0 saturated carbocycles. The van der Waals surface area contributed by atoms with Gasteiger partial charge >= 0.3 is 5.69 Å². The summed E-state index contributed by atoms with van der Waals surface area (Å²) in [5, 5.41) is 12.6. The highest BCUT2D eigenvalue weighted by Gasteiger charge is 2.20. The van der Waals surface area contributed by atoms with E-state index in [1.165, 1.54) is 28.9 Å². The van der Waals surface area contributed by atoms with Crippen molar-refractivity contribution >= 4 is 54.6 Å². The number of hydrogen-bond donors (Lipinski definition) is 1. The molecule has 1 aromatic carbocycles. The van der Waals surface area contributed by atoms with Crippen LogP contribution in [0.15, 0.2) is 70.1 Å². The zero-order valence-electron chi connectivity index (χ0n) is 18.6. The summed E-state index contributed by atoms with van der Waals surface area (Å²) in [7, 11) is 0. The van der Waals surface area contributed by atoms with E-state index in [2.05, 4.69) is 21.0 Å². The second-order valence-corrected chi connectivity index (χ2v) is 10.5. The first kappa shape index (κ1) is 22.4. The number of nitrogens with zero attached hydrogens (tertiary/aromatic N) is 4. The predicted molar refractivity (Wildman–Crippen MR) is 144 cm³/mol. The Bertz CT molecular complexity index is 1990. The van der Waals surface area contributed by atoms with Crippen molar-refractivity contribution in [1.82, 2.24) is 19.5 Å². The number of pyridine rings is 2. The molecular formula is C26H14ClN5O2S2. The van der Waals surface area contributed by atoms with Crippen molar-refractivity contribution in [2.75, 3.05) is 0 Å². The van der Waals surface area contributed by atoms with Gasteiger partial charge in [0.05, 0.1) is 27.7 Å². The number of benzene rings is 1. The van der Waals surface area contributed by atoms with Crippen LogP contribution < -0.4 is 11.2 Å². The maximum Gasteiger partial charge on any atom is 0.333 e. The normalized spacial score (nSPS) is 11.2. The number of rotatable bonds is 3. The summed E-state index contributed by atoms with van der Waals surface area (Å²) < 4.78 is 2.44. The fraction of sp³-hybridized carbons (Fsp3) is 0.0385. The summed E-state index contributed by atoms with van der Waals surface area (Å²) in [5.41, 5.74) is 3.50. The minimum atomic E-state index is -0.540. The Labute approximate surface area is 216 Å². The van der Waals surface area contributed by atoms with Crippen LogP contribution in [-0.4, -0.2) is 19.5 Å². The Morgan fingerprint density at radius 3 is 2.78 bits per heavy atom. The van der Waals surface area contributed by atoms with Crippen molar-refractivity contribution in [3.8, 4) is 33.3 Å². The molecule has 36 heavy (non-hydrogen) atoms. The number of nitrogens with one attached hydrogen (secondary N) is 1. The van der Waals surface area contributed by atoms with E-state index in [0.29, 0.717) is 36.9 Å². The summed E-state index contributed by atoms with van der Waals surface area (Å²) in [6, 6.07) is 11.1. The lowest BCUT2D eigenvalue weighted by Crippen LogP contribution is -2.33. The van der Waals surface area contributed by atoms with E-state index in [0.717, 1.165) is 31.3 Å². The first-order valence-electron chi connectivity index (χ1n) is 10.7. The van der Waals surface area contributed by atoms with Crippen LogP contribution in [0.5, 0.6) is 0 Å². The number of aromatic nitrogens is 4. The van der Waals surface area contributed by atoms with Crippen LogP contribution in [0, 0.1) is 18.3 Å². The van der Waals surface area contributed by atoms with Gasteiger partial charge < -0.3 is 4.98 Å². The van der Waals surface area contributed by atoms with Crippen LogP contribution in [-0.2, 0) is 0 Å². The lowest BCUT2D eigenvalue weighted by Gasteiger charge is -2.10. The summed E-state index contributed by atoms with van der Waals surface area (Å²) in [6.07, 6.45) is 6.42. The Hall–Kier alpha value is -4.10. The second-order valence-electron chi connectivity index (χ2n) is 8.11. The summed E-state index contributed by atoms with van der Waals surface area (Å²) in [5.74, 6) is 0. The molecule has 1 N–H and O–H groups in total. The average Bonchev–Trinajstić information content (AvgIpc) is 3.48. The van der Waals surface area contributed by atoms with Crippen LogP contribution in [0.1, 0.15) is 11.1 Å². The quantitative estimate of drug-likeness (QED) is 0.308. The first-order chi connectivity index (χ1) is 17.5. The molecule has 0 aliphatic carbocycles. The number of halogens is 1. The molecule has 0 spiro atoms. The number of nitriles is 1. The topological polar surface area (TPSA) is 104 Å². The van der Waals surface area contributed by atoms with E-state index in [-0.39, 0.29) is 0 Å². The molecule has 0 fully saturated rings. The molecule has 5 heterocycles. The van der Waals surface area contributed by atoms with Gasteiger partial charge in [-0.05, 0) is 41.6 Å². The first-order valence-corrected chi connectivity index (χ1v) is 12.8. The molecule has 0 saturated heterocycles. The van der Waals surface area contributed by atoms with Gasteiger partial charge in [-0.15, -0.1) is 22.7 Å². The van der Waals surface area contributed by atoms with E-state index < -0.39 is 11.2 Å². The van der Waals surface area contributed by atoms with Crippen molar-refractivity contribution in [3.05, 3.63) is 97.5 Å². The third-order valence-corrected chi connectivity index (χ3v) is 8.39. The van der Waals surface area contributed by atoms with Gasteiger partial charge in [0.2, 0.25) is 0 Å². The molecule has 0 unspecified atom stereocenters. The molecule has 0 radical (unpaired) electrons. The van der Waals surface area contributed by atoms with Gasteiger partial charge in [0, 0.05) is 45.0 Å². The predicted octanol–water partition coefficient (Wildman–Crippen LogP) is 5.91. The Morgan fingerprint density at radius 2 is 1.94 bits per heavy atom. The lowest BCUT2D eigenvalue weighted by molar-refractivity contribution is 0.905. The third-order valence-electron chi connectivity index (χ3n) is 5.90. The molecule has 0 atom stereocenters. The molecule has 6 aromatic rings. The largest absolute Gasteiger partial charge is 0.333 e. The smallest absolute Gasteiger partial charge is 0.306 e. The number of hydrogen-bond acceptors (Lipinski definition) is 7. The molecule has 0 aliphatic heterocycles. The van der Waals surface area contributed by atoms with Gasteiger partial charge in [-0.3, -0.25) is 14.8 Å². The molecule has 5 aromatic heterocycles. The van der Waals surface area contributed by atoms with Crippen LogP contribution in [0.2, 0.25) is 5.02 Å². The van der Waals surface area contributed by atoms with Gasteiger partial charge in [-0.1, -0.05) is 23.7 Å². The van der Waals surface area contributed by atoms with Crippen molar-refractivity contribution < 1.29 is 0 Å². The highest BCUT2D eigenvalue weighted by atomic mass is 35.5. The minimum absolute atomic E-state index is 0.393. The summed E-state index contributed by atoms with van der Waals surface area (Å²) in [4.78, 5) is 38.7. The maximum absolute atomic E-state index is 13.6. The van der Waals surface area contributed by atoms with E-state index in [1.54, 1.807) is 36.8 Å². The third kappa shape index (κ3) is 3.46. The van der Waals surface area contributed by atoms with E-state index in [4.69, 9.17) is 11.6 Å². The standard InChI is InChI=1S/C26H14ClN5O2S2/c1-13-12-35-21-11-30-10-19(22(13)21)32-25(33)24-18(31-26(32)34)6-20(36-24)23-16(3-2-4-17(23)27)15-5-14(7-28)8-29-9-15/h2-6,8-12H,1H3,(H,31,34). The van der Waals surface area contributed by atoms with Gasteiger partial charge in [-0.2, -0.15) is 5.26 Å². The van der Waals surface area contributed by atoms with Gasteiger partial charge in [0.1, 0.15) is 10.8 Å². The molecule has 0 aliphatic rings. The number of aryl methyl sites for hydroxylation is 1. The summed E-state index contributed by atoms with van der Waals surface area (Å²) >= 11 is 9.41. The minimum Gasteiger partial charge on any atom is -0.306 e. The monoisotopic (exact) mass is 527 g/mol. The molecule has 174 valence electrons. The molecule has 0 amide bonds. The maximum atomic E-state index is 13.6. The fourth-order valence-corrected chi connectivity index (χ4v) is 6.69. The molecular weight excluding hydrogens is 514 g/mol. The van der Waals surface area contributed by atoms with E-state index >= 15 is 0 Å². The van der Waals surface area contributed by atoms with Crippen molar-refractivity contribution in [2.45, 2.75) is 6.92 Å². The van der Waals surface area contributed by atoms with Crippen molar-refractivity contribution in [2.24, 2.45) is 0 Å². The fourth-order valence-electron chi connectivity index (χ4n) is 4.31. The number of thiophene rings is 2. The van der Waals surface area contributed by atoms with Gasteiger partial charge in [0.25, 0.3) is 5.56 Å². The van der Waals surface area contributed by atoms with Crippen molar-refractivity contribution in [1.29, 1.82) is 5.26 Å². The Morgan fingerprint density at radius 1 is 1.11 bits per heavy atom. The molecule has 0 bridgehead atoms.